The van der Waals surface area contributed by atoms with E-state index in [1.807, 2.05) is 0 Å². The molecule has 1 fully saturated rings. The standard InChI is InChI=1S/C16H18N2O7/c1-10(15(21)18-6-5-17-16(18)22)25-14(20)9-24-12-4-3-11(8-19)7-13(12)23-2/h3-4,7-8,10H,5-6,9H2,1-2H3,(H,17,22)/t10-/m0/s1. The number of ether oxygens (including phenoxy) is 3. The average molecular weight is 350 g/mol. The normalized spacial score (nSPS) is 14.5. The molecule has 3 amide bonds. The highest BCUT2D eigenvalue weighted by atomic mass is 16.6. The molecule has 0 aromatic heterocycles. The van der Waals surface area contributed by atoms with Crippen LogP contribution in [0.1, 0.15) is 17.3 Å². The maximum atomic E-state index is 12.0. The van der Waals surface area contributed by atoms with Crippen LogP contribution in [0.15, 0.2) is 18.2 Å². The van der Waals surface area contributed by atoms with Crippen LogP contribution in [0.25, 0.3) is 0 Å². The topological polar surface area (TPSA) is 111 Å². The van der Waals surface area contributed by atoms with Gasteiger partial charge < -0.3 is 19.5 Å². The van der Waals surface area contributed by atoms with E-state index in [0.29, 0.717) is 18.4 Å². The molecule has 0 radical (unpaired) electrons. The van der Waals surface area contributed by atoms with Gasteiger partial charge in [0.15, 0.2) is 24.2 Å². The Hall–Kier alpha value is -3.10. The van der Waals surface area contributed by atoms with Crippen molar-refractivity contribution < 1.29 is 33.4 Å². The summed E-state index contributed by atoms with van der Waals surface area (Å²) < 4.78 is 15.4. The van der Waals surface area contributed by atoms with E-state index in [9.17, 15) is 19.2 Å². The van der Waals surface area contributed by atoms with E-state index in [-0.39, 0.29) is 18.0 Å². The summed E-state index contributed by atoms with van der Waals surface area (Å²) in [5.41, 5.74) is 0.398. The number of carbonyl (C=O) groups excluding carboxylic acids is 4. The lowest BCUT2D eigenvalue weighted by Crippen LogP contribution is -2.42. The average Bonchev–Trinajstić information content (AvgIpc) is 3.04. The number of esters is 1. The summed E-state index contributed by atoms with van der Waals surface area (Å²) in [6.07, 6.45) is -0.457. The van der Waals surface area contributed by atoms with Crippen molar-refractivity contribution in [1.82, 2.24) is 10.2 Å². The molecular formula is C16H18N2O7. The summed E-state index contributed by atoms with van der Waals surface area (Å²) in [4.78, 5) is 47.0. The van der Waals surface area contributed by atoms with Crippen LogP contribution in [0.4, 0.5) is 4.79 Å². The van der Waals surface area contributed by atoms with E-state index in [4.69, 9.17) is 14.2 Å². The van der Waals surface area contributed by atoms with Gasteiger partial charge in [0.1, 0.15) is 6.29 Å². The zero-order chi connectivity index (χ0) is 18.4. The second kappa shape index (κ2) is 8.13. The zero-order valence-corrected chi connectivity index (χ0v) is 13.8. The smallest absolute Gasteiger partial charge is 0.344 e. The molecular weight excluding hydrogens is 332 g/mol. The molecule has 134 valence electrons. The number of aldehydes is 1. The molecule has 1 N–H and O–H groups in total. The highest BCUT2D eigenvalue weighted by Crippen LogP contribution is 2.27. The van der Waals surface area contributed by atoms with Crippen molar-refractivity contribution in [2.45, 2.75) is 13.0 Å². The van der Waals surface area contributed by atoms with Crippen molar-refractivity contribution in [3.05, 3.63) is 23.8 Å². The fourth-order valence-corrected chi connectivity index (χ4v) is 2.20. The number of hydrogen-bond acceptors (Lipinski definition) is 7. The Balaban J connectivity index is 1.89. The number of amides is 3. The number of benzene rings is 1. The minimum atomic E-state index is -1.11. The van der Waals surface area contributed by atoms with Gasteiger partial charge in [0.25, 0.3) is 5.91 Å². The highest BCUT2D eigenvalue weighted by Gasteiger charge is 2.31. The molecule has 9 heteroatoms. The van der Waals surface area contributed by atoms with Crippen LogP contribution in [-0.4, -0.2) is 62.0 Å². The third kappa shape index (κ3) is 4.46. The fraction of sp³-hybridized carbons (Fsp3) is 0.375. The van der Waals surface area contributed by atoms with Crippen LogP contribution in [0.3, 0.4) is 0 Å². The van der Waals surface area contributed by atoms with Gasteiger partial charge in [0.2, 0.25) is 0 Å². The predicted molar refractivity (Wildman–Crippen MR) is 84.5 cm³/mol. The number of nitrogens with zero attached hydrogens (tertiary/aromatic N) is 1. The number of methoxy groups -OCH3 is 1. The maximum Gasteiger partial charge on any atom is 0.344 e. The number of carbonyl (C=O) groups is 4. The second-order valence-electron chi connectivity index (χ2n) is 5.17. The van der Waals surface area contributed by atoms with Gasteiger partial charge in [-0.2, -0.15) is 0 Å². The third-order valence-corrected chi connectivity index (χ3v) is 3.45. The lowest BCUT2D eigenvalue weighted by atomic mass is 10.2. The first-order valence-corrected chi connectivity index (χ1v) is 7.51. The maximum absolute atomic E-state index is 12.0. The molecule has 0 bridgehead atoms. The van der Waals surface area contributed by atoms with Gasteiger partial charge in [-0.25, -0.2) is 9.59 Å². The Labute approximate surface area is 143 Å². The molecule has 0 spiro atoms. The summed E-state index contributed by atoms with van der Waals surface area (Å²) in [5, 5.41) is 2.49. The van der Waals surface area contributed by atoms with E-state index in [1.54, 1.807) is 0 Å². The monoisotopic (exact) mass is 350 g/mol. The molecule has 1 saturated heterocycles. The molecule has 2 rings (SSSR count). The van der Waals surface area contributed by atoms with Gasteiger partial charge in [0.05, 0.1) is 7.11 Å². The first kappa shape index (κ1) is 18.2. The van der Waals surface area contributed by atoms with Crippen molar-refractivity contribution in [3.63, 3.8) is 0 Å². The number of hydrogen-bond donors (Lipinski definition) is 1. The molecule has 1 aromatic rings. The van der Waals surface area contributed by atoms with Crippen molar-refractivity contribution in [3.8, 4) is 11.5 Å². The summed E-state index contributed by atoms with van der Waals surface area (Å²) in [7, 11) is 1.40. The Morgan fingerprint density at radius 3 is 2.72 bits per heavy atom. The quantitative estimate of drug-likeness (QED) is 0.558. The minimum Gasteiger partial charge on any atom is -0.493 e. The van der Waals surface area contributed by atoms with Gasteiger partial charge in [0, 0.05) is 18.7 Å². The Morgan fingerprint density at radius 1 is 1.36 bits per heavy atom. The van der Waals surface area contributed by atoms with Gasteiger partial charge in [-0.05, 0) is 25.1 Å². The van der Waals surface area contributed by atoms with Crippen LogP contribution in [0.2, 0.25) is 0 Å². The number of nitrogens with one attached hydrogen (secondary N) is 1. The van der Waals surface area contributed by atoms with Crippen molar-refractivity contribution >= 4 is 24.2 Å². The highest BCUT2D eigenvalue weighted by molar-refractivity contribution is 5.98. The molecule has 9 nitrogen and oxygen atoms in total. The van der Waals surface area contributed by atoms with Crippen LogP contribution < -0.4 is 14.8 Å². The SMILES string of the molecule is COc1cc(C=O)ccc1OCC(=O)O[C@@H](C)C(=O)N1CCNC1=O. The number of rotatable bonds is 7. The molecule has 1 aliphatic rings. The summed E-state index contributed by atoms with van der Waals surface area (Å²) in [5.74, 6) is -0.837. The van der Waals surface area contributed by atoms with Gasteiger partial charge in [-0.15, -0.1) is 0 Å². The van der Waals surface area contributed by atoms with E-state index >= 15 is 0 Å². The first-order valence-electron chi connectivity index (χ1n) is 7.51. The van der Waals surface area contributed by atoms with Crippen LogP contribution in [0, 0.1) is 0 Å². The summed E-state index contributed by atoms with van der Waals surface area (Å²) in [6.45, 7) is 1.52. The molecule has 1 heterocycles. The minimum absolute atomic E-state index is 0.232. The van der Waals surface area contributed by atoms with Crippen LogP contribution in [0.5, 0.6) is 11.5 Å². The molecule has 1 aliphatic heterocycles. The largest absolute Gasteiger partial charge is 0.493 e. The number of imide groups is 1. The molecule has 0 unspecified atom stereocenters. The van der Waals surface area contributed by atoms with E-state index < -0.39 is 30.6 Å². The lowest BCUT2D eigenvalue weighted by molar-refractivity contribution is -0.159. The first-order chi connectivity index (χ1) is 12.0. The van der Waals surface area contributed by atoms with Gasteiger partial charge >= 0.3 is 12.0 Å². The lowest BCUT2D eigenvalue weighted by Gasteiger charge is -2.18. The van der Waals surface area contributed by atoms with Crippen molar-refractivity contribution in [2.75, 3.05) is 26.8 Å². The summed E-state index contributed by atoms with van der Waals surface area (Å²) in [6, 6.07) is 3.95. The molecule has 0 aliphatic carbocycles. The third-order valence-electron chi connectivity index (χ3n) is 3.45. The molecule has 25 heavy (non-hydrogen) atoms. The molecule has 1 aromatic carbocycles. The Bertz CT molecular complexity index is 689. The van der Waals surface area contributed by atoms with E-state index in [0.717, 1.165) is 4.90 Å². The fourth-order valence-electron chi connectivity index (χ4n) is 2.20. The predicted octanol–water partition coefficient (Wildman–Crippen LogP) is 0.370. The van der Waals surface area contributed by atoms with E-state index in [2.05, 4.69) is 5.32 Å². The van der Waals surface area contributed by atoms with Crippen molar-refractivity contribution in [1.29, 1.82) is 0 Å². The summed E-state index contributed by atoms with van der Waals surface area (Å²) >= 11 is 0. The zero-order valence-electron chi connectivity index (χ0n) is 13.8. The Kier molecular flexibility index (Phi) is 5.93. The van der Waals surface area contributed by atoms with Crippen LogP contribution in [-0.2, 0) is 14.3 Å². The Morgan fingerprint density at radius 2 is 2.12 bits per heavy atom. The second-order valence-corrected chi connectivity index (χ2v) is 5.17. The van der Waals surface area contributed by atoms with Gasteiger partial charge in [-0.1, -0.05) is 0 Å². The van der Waals surface area contributed by atoms with Crippen LogP contribution >= 0.6 is 0 Å². The van der Waals surface area contributed by atoms with Gasteiger partial charge in [-0.3, -0.25) is 14.5 Å². The molecule has 1 atom stereocenters. The molecule has 0 saturated carbocycles. The van der Waals surface area contributed by atoms with E-state index in [1.165, 1.54) is 32.2 Å². The number of urea groups is 1. The van der Waals surface area contributed by atoms with Crippen molar-refractivity contribution in [2.24, 2.45) is 0 Å².